The number of anilines is 1. The van der Waals surface area contributed by atoms with Gasteiger partial charge in [0.2, 0.25) is 5.91 Å². The first-order valence-corrected chi connectivity index (χ1v) is 10.6. The molecular formula is C26H19F2N3O4. The maximum Gasteiger partial charge on any atom is 0.272 e. The fourth-order valence-corrected chi connectivity index (χ4v) is 3.62. The highest BCUT2D eigenvalue weighted by atomic mass is 19.1. The molecule has 0 radical (unpaired) electrons. The van der Waals surface area contributed by atoms with Crippen molar-refractivity contribution in [1.82, 2.24) is 10.4 Å². The van der Waals surface area contributed by atoms with Gasteiger partial charge in [0, 0.05) is 6.08 Å². The van der Waals surface area contributed by atoms with E-state index < -0.39 is 47.7 Å². The van der Waals surface area contributed by atoms with Crippen LogP contribution in [0.2, 0.25) is 0 Å². The van der Waals surface area contributed by atoms with Gasteiger partial charge in [0.25, 0.3) is 17.7 Å². The molecule has 1 aliphatic rings. The lowest BCUT2D eigenvalue weighted by atomic mass is 10.2. The molecule has 0 spiro atoms. The Morgan fingerprint density at radius 2 is 1.66 bits per heavy atom. The van der Waals surface area contributed by atoms with Gasteiger partial charge >= 0.3 is 0 Å². The fraction of sp³-hybridized carbons (Fsp3) is 0.0769. The average molecular weight is 475 g/mol. The molecule has 0 bridgehead atoms. The number of benzene rings is 3. The number of rotatable bonds is 5. The molecule has 1 aliphatic heterocycles. The number of nitrogens with one attached hydrogen (secondary N) is 1. The van der Waals surface area contributed by atoms with E-state index in [1.807, 2.05) is 0 Å². The van der Waals surface area contributed by atoms with Crippen LogP contribution in [0, 0.1) is 11.6 Å². The van der Waals surface area contributed by atoms with E-state index >= 15 is 0 Å². The molecule has 9 heteroatoms. The summed E-state index contributed by atoms with van der Waals surface area (Å²) in [5.74, 6) is -4.79. The lowest BCUT2D eigenvalue weighted by Crippen LogP contribution is -2.54. The number of amides is 4. The molecule has 176 valence electrons. The Morgan fingerprint density at radius 1 is 0.943 bits per heavy atom. The first kappa shape index (κ1) is 23.5. The Hall–Kier alpha value is -4.66. The molecule has 0 aromatic heterocycles. The van der Waals surface area contributed by atoms with Crippen molar-refractivity contribution in [3.05, 3.63) is 108 Å². The van der Waals surface area contributed by atoms with Crippen molar-refractivity contribution in [3.8, 4) is 0 Å². The van der Waals surface area contributed by atoms with Gasteiger partial charge in [-0.05, 0) is 42.0 Å². The van der Waals surface area contributed by atoms with Crippen LogP contribution < -0.4 is 10.3 Å². The smallest absolute Gasteiger partial charge is 0.272 e. The number of hydrogen-bond acceptors (Lipinski definition) is 4. The molecule has 0 aliphatic carbocycles. The second-order valence-corrected chi connectivity index (χ2v) is 7.64. The van der Waals surface area contributed by atoms with Gasteiger partial charge in [-0.2, -0.15) is 0 Å². The number of nitrogens with zero attached hydrogens (tertiary/aromatic N) is 2. The summed E-state index contributed by atoms with van der Waals surface area (Å²) in [6, 6.07) is 17.4. The molecule has 4 rings (SSSR count). The quantitative estimate of drug-likeness (QED) is 0.348. The second-order valence-electron chi connectivity index (χ2n) is 7.64. The van der Waals surface area contributed by atoms with Crippen molar-refractivity contribution < 1.29 is 28.0 Å². The molecule has 7 nitrogen and oxygen atoms in total. The minimum atomic E-state index is -1.42. The lowest BCUT2D eigenvalue weighted by Gasteiger charge is -2.27. The monoisotopic (exact) mass is 475 g/mol. The van der Waals surface area contributed by atoms with Gasteiger partial charge in [0.05, 0.1) is 17.7 Å². The molecular weight excluding hydrogens is 456 g/mol. The highest BCUT2D eigenvalue weighted by Gasteiger charge is 2.45. The number of hydrogen-bond donors (Lipinski definition) is 1. The minimum Gasteiger partial charge on any atom is -0.274 e. The van der Waals surface area contributed by atoms with E-state index in [0.717, 1.165) is 29.2 Å². The first-order chi connectivity index (χ1) is 16.8. The fourth-order valence-electron chi connectivity index (χ4n) is 3.62. The summed E-state index contributed by atoms with van der Waals surface area (Å²) in [6.07, 6.45) is 2.13. The van der Waals surface area contributed by atoms with Gasteiger partial charge in [-0.1, -0.05) is 48.5 Å². The van der Waals surface area contributed by atoms with Crippen LogP contribution in [0.3, 0.4) is 0 Å². The molecule has 4 amide bonds. The number of hydrazine groups is 1. The van der Waals surface area contributed by atoms with E-state index in [2.05, 4.69) is 5.43 Å². The molecule has 0 saturated carbocycles. The van der Waals surface area contributed by atoms with Gasteiger partial charge < -0.3 is 0 Å². The van der Waals surface area contributed by atoms with Gasteiger partial charge in [0.1, 0.15) is 17.7 Å². The Labute approximate surface area is 199 Å². The van der Waals surface area contributed by atoms with Crippen molar-refractivity contribution in [2.45, 2.75) is 12.5 Å². The summed E-state index contributed by atoms with van der Waals surface area (Å²) in [5, 5.41) is 0.702. The summed E-state index contributed by atoms with van der Waals surface area (Å²) < 4.78 is 27.9. The van der Waals surface area contributed by atoms with Crippen LogP contribution in [0.25, 0.3) is 6.08 Å². The molecule has 1 atom stereocenters. The van der Waals surface area contributed by atoms with Crippen LogP contribution in [0.1, 0.15) is 22.3 Å². The lowest BCUT2D eigenvalue weighted by molar-refractivity contribution is -0.136. The molecule has 1 heterocycles. The number of halogens is 2. The average Bonchev–Trinajstić information content (AvgIpc) is 3.15. The molecule has 1 saturated heterocycles. The van der Waals surface area contributed by atoms with Crippen molar-refractivity contribution in [2.24, 2.45) is 0 Å². The molecule has 35 heavy (non-hydrogen) atoms. The zero-order chi connectivity index (χ0) is 24.9. The van der Waals surface area contributed by atoms with Gasteiger partial charge in [-0.3, -0.25) is 24.6 Å². The highest BCUT2D eigenvalue weighted by molar-refractivity contribution is 6.23. The number of imide groups is 1. The van der Waals surface area contributed by atoms with E-state index in [1.165, 1.54) is 36.4 Å². The van der Waals surface area contributed by atoms with Crippen molar-refractivity contribution in [2.75, 3.05) is 4.90 Å². The zero-order valence-electron chi connectivity index (χ0n) is 18.2. The van der Waals surface area contributed by atoms with E-state index in [-0.39, 0.29) is 11.3 Å². The standard InChI is InChI=1S/C26H19F2N3O4/c27-18-9-6-10-19(15-18)30-24(33)16-22(26(30)35)31(23(32)14-13-17-7-2-1-3-8-17)29-25(34)20-11-4-5-12-21(20)28/h1-15,22H,16H2,(H,29,34). The normalized spacial score (nSPS) is 15.5. The Balaban J connectivity index is 1.65. The van der Waals surface area contributed by atoms with E-state index in [0.29, 0.717) is 10.6 Å². The molecule has 3 aromatic carbocycles. The molecule has 1 unspecified atom stereocenters. The molecule has 1 fully saturated rings. The SMILES string of the molecule is O=C(NN(C(=O)C=Cc1ccccc1)C1CC(=O)N(c2cccc(F)c2)C1=O)c1ccccc1F. The predicted molar refractivity (Wildman–Crippen MR) is 123 cm³/mol. The molecule has 1 N–H and O–H groups in total. The van der Waals surface area contributed by atoms with Crippen LogP contribution >= 0.6 is 0 Å². The van der Waals surface area contributed by atoms with Gasteiger partial charge in [0.15, 0.2) is 0 Å². The summed E-state index contributed by atoms with van der Waals surface area (Å²) in [7, 11) is 0. The third kappa shape index (κ3) is 5.14. The largest absolute Gasteiger partial charge is 0.274 e. The zero-order valence-corrected chi connectivity index (χ0v) is 18.2. The van der Waals surface area contributed by atoms with Crippen molar-refractivity contribution >= 4 is 35.4 Å². The summed E-state index contributed by atoms with van der Waals surface area (Å²) in [6.45, 7) is 0. The Kier molecular flexibility index (Phi) is 6.77. The molecule has 3 aromatic rings. The third-order valence-electron chi connectivity index (χ3n) is 5.30. The second kappa shape index (κ2) is 10.1. The van der Waals surface area contributed by atoms with Gasteiger partial charge in [-0.25, -0.2) is 18.7 Å². The van der Waals surface area contributed by atoms with E-state index in [9.17, 15) is 28.0 Å². The predicted octanol–water partition coefficient (Wildman–Crippen LogP) is 3.48. The third-order valence-corrected chi connectivity index (χ3v) is 5.30. The van der Waals surface area contributed by atoms with Crippen LogP contribution in [0.4, 0.5) is 14.5 Å². The van der Waals surface area contributed by atoms with Crippen LogP contribution in [0.5, 0.6) is 0 Å². The van der Waals surface area contributed by atoms with Crippen LogP contribution in [0.15, 0.2) is 84.9 Å². The van der Waals surface area contributed by atoms with Crippen molar-refractivity contribution in [3.63, 3.8) is 0 Å². The maximum atomic E-state index is 14.2. The summed E-state index contributed by atoms with van der Waals surface area (Å²) in [5.41, 5.74) is 2.59. The minimum absolute atomic E-state index is 0.00448. The van der Waals surface area contributed by atoms with E-state index in [1.54, 1.807) is 30.3 Å². The maximum absolute atomic E-state index is 14.2. The summed E-state index contributed by atoms with van der Waals surface area (Å²) >= 11 is 0. The first-order valence-electron chi connectivity index (χ1n) is 10.6. The highest BCUT2D eigenvalue weighted by Crippen LogP contribution is 2.26. The van der Waals surface area contributed by atoms with Crippen LogP contribution in [-0.2, 0) is 14.4 Å². The van der Waals surface area contributed by atoms with Gasteiger partial charge in [-0.15, -0.1) is 0 Å². The Bertz CT molecular complexity index is 1330. The van der Waals surface area contributed by atoms with E-state index in [4.69, 9.17) is 0 Å². The topological polar surface area (TPSA) is 86.8 Å². The number of carbonyl (C=O) groups is 4. The Morgan fingerprint density at radius 3 is 2.37 bits per heavy atom. The van der Waals surface area contributed by atoms with Crippen LogP contribution in [-0.4, -0.2) is 34.7 Å². The summed E-state index contributed by atoms with van der Waals surface area (Å²) in [4.78, 5) is 52.5. The number of carbonyl (C=O) groups excluding carboxylic acids is 4. The van der Waals surface area contributed by atoms with Crippen molar-refractivity contribution in [1.29, 1.82) is 0 Å².